The normalized spacial score (nSPS) is 12.6. The van der Waals surface area contributed by atoms with Crippen molar-refractivity contribution in [2.24, 2.45) is 0 Å². The third-order valence-electron chi connectivity index (χ3n) is 1.72. The van der Waals surface area contributed by atoms with Gasteiger partial charge in [-0.05, 0) is 38.4 Å². The molecule has 0 aromatic carbocycles. The third-order valence-corrected chi connectivity index (χ3v) is 1.90. The Morgan fingerprint density at radius 2 is 2.24 bits per heavy atom. The molecule has 0 aliphatic carbocycles. The van der Waals surface area contributed by atoms with Gasteiger partial charge in [0.25, 0.3) is 0 Å². The number of aromatic nitrogens is 2. The van der Waals surface area contributed by atoms with Crippen LogP contribution in [0.15, 0.2) is 12.3 Å². The second-order valence-corrected chi connectivity index (χ2v) is 4.68. The summed E-state index contributed by atoms with van der Waals surface area (Å²) in [6.45, 7) is 5.19. The van der Waals surface area contributed by atoms with Gasteiger partial charge in [0.05, 0.1) is 11.8 Å². The fourth-order valence-electron chi connectivity index (χ4n) is 1.11. The number of carbonyl (C=O) groups is 1. The molecule has 1 atom stereocenters. The van der Waals surface area contributed by atoms with Gasteiger partial charge in [-0.2, -0.15) is 5.26 Å². The largest absolute Gasteiger partial charge is 0.459 e. The highest BCUT2D eigenvalue weighted by Crippen LogP contribution is 2.19. The monoisotopic (exact) mass is 253 g/mol. The van der Waals surface area contributed by atoms with Crippen molar-refractivity contribution in [1.82, 2.24) is 9.97 Å². The number of carbonyl (C=O) groups excluding carboxylic acids is 1. The van der Waals surface area contributed by atoms with E-state index in [0.29, 0.717) is 0 Å². The molecule has 6 heteroatoms. The third kappa shape index (κ3) is 4.00. The lowest BCUT2D eigenvalue weighted by Gasteiger charge is -2.21. The summed E-state index contributed by atoms with van der Waals surface area (Å²) in [5, 5.41) is 8.98. The van der Waals surface area contributed by atoms with Gasteiger partial charge in [-0.3, -0.25) is 4.79 Å². The summed E-state index contributed by atoms with van der Waals surface area (Å²) in [6.07, 6.45) is 1.39. The average Bonchev–Trinajstić information content (AvgIpc) is 2.15. The summed E-state index contributed by atoms with van der Waals surface area (Å²) in [5.41, 5.74) is -0.412. The number of hydrogen-bond acceptors (Lipinski definition) is 5. The number of esters is 1. The van der Waals surface area contributed by atoms with Crippen LogP contribution < -0.4 is 0 Å². The molecule has 1 heterocycles. The minimum absolute atomic E-state index is 0.00805. The lowest BCUT2D eigenvalue weighted by molar-refractivity contribution is -0.155. The molecule has 1 aromatic heterocycles. The van der Waals surface area contributed by atoms with Crippen molar-refractivity contribution in [3.05, 3.63) is 23.2 Å². The van der Waals surface area contributed by atoms with E-state index in [1.807, 2.05) is 6.07 Å². The van der Waals surface area contributed by atoms with Gasteiger partial charge in [0.2, 0.25) is 5.28 Å². The van der Waals surface area contributed by atoms with E-state index in [-0.39, 0.29) is 11.0 Å². The molecule has 90 valence electrons. The number of rotatable bonds is 2. The van der Waals surface area contributed by atoms with E-state index in [1.165, 1.54) is 12.3 Å². The number of nitrogens with zero attached hydrogens (tertiary/aromatic N) is 3. The average molecular weight is 254 g/mol. The molecule has 0 saturated heterocycles. The van der Waals surface area contributed by atoms with Crippen LogP contribution in [-0.4, -0.2) is 21.5 Å². The van der Waals surface area contributed by atoms with Gasteiger partial charge >= 0.3 is 5.97 Å². The first-order chi connectivity index (χ1) is 7.83. The first-order valence-electron chi connectivity index (χ1n) is 4.94. The Balaban J connectivity index is 2.94. The Morgan fingerprint density at radius 3 is 2.71 bits per heavy atom. The first kappa shape index (κ1) is 13.4. The second kappa shape index (κ2) is 5.11. The Morgan fingerprint density at radius 1 is 1.59 bits per heavy atom. The van der Waals surface area contributed by atoms with Gasteiger partial charge in [-0.25, -0.2) is 9.97 Å². The Labute approximate surface area is 104 Å². The van der Waals surface area contributed by atoms with Crippen molar-refractivity contribution in [1.29, 1.82) is 5.26 Å². The highest BCUT2D eigenvalue weighted by molar-refractivity contribution is 6.28. The smallest absolute Gasteiger partial charge is 0.330 e. The summed E-state index contributed by atoms with van der Waals surface area (Å²) in [5.74, 6) is -1.73. The van der Waals surface area contributed by atoms with Crippen LogP contribution >= 0.6 is 11.6 Å². The molecule has 1 rings (SSSR count). The molecular weight excluding hydrogens is 242 g/mol. The van der Waals surface area contributed by atoms with Crippen molar-refractivity contribution >= 4 is 17.6 Å². The van der Waals surface area contributed by atoms with Gasteiger partial charge in [-0.1, -0.05) is 0 Å². The Bertz CT molecular complexity index is 463. The number of nitriles is 1. The lowest BCUT2D eigenvalue weighted by atomic mass is 10.1. The molecule has 0 radical (unpaired) electrons. The Hall–Kier alpha value is -1.67. The van der Waals surface area contributed by atoms with Crippen molar-refractivity contribution in [3.8, 4) is 6.07 Å². The van der Waals surface area contributed by atoms with E-state index in [1.54, 1.807) is 20.8 Å². The van der Waals surface area contributed by atoms with E-state index in [4.69, 9.17) is 21.6 Å². The highest BCUT2D eigenvalue weighted by atomic mass is 35.5. The number of hydrogen-bond donors (Lipinski definition) is 0. The van der Waals surface area contributed by atoms with E-state index in [9.17, 15) is 4.79 Å². The zero-order chi connectivity index (χ0) is 13.1. The molecule has 0 amide bonds. The van der Waals surface area contributed by atoms with Crippen LogP contribution in [0.4, 0.5) is 0 Å². The molecule has 0 aliphatic heterocycles. The standard InChI is InChI=1S/C11H12ClN3O2/c1-11(2,3)17-9(16)7(6-13)8-4-5-14-10(12)15-8/h4-5,7H,1-3H3/t7-/m0/s1. The molecular formula is C11H12ClN3O2. The fourth-order valence-corrected chi connectivity index (χ4v) is 1.26. The quantitative estimate of drug-likeness (QED) is 0.596. The van der Waals surface area contributed by atoms with Gasteiger partial charge < -0.3 is 4.74 Å². The van der Waals surface area contributed by atoms with E-state index < -0.39 is 17.5 Å². The summed E-state index contributed by atoms with van der Waals surface area (Å²) in [6, 6.07) is 3.31. The molecule has 0 spiro atoms. The van der Waals surface area contributed by atoms with Gasteiger partial charge in [-0.15, -0.1) is 0 Å². The van der Waals surface area contributed by atoms with E-state index >= 15 is 0 Å². The van der Waals surface area contributed by atoms with Crippen molar-refractivity contribution in [3.63, 3.8) is 0 Å². The topological polar surface area (TPSA) is 75.9 Å². The SMILES string of the molecule is CC(C)(C)OC(=O)[C@@H](C#N)c1ccnc(Cl)n1. The van der Waals surface area contributed by atoms with Crippen LogP contribution in [0.5, 0.6) is 0 Å². The first-order valence-corrected chi connectivity index (χ1v) is 5.32. The predicted molar refractivity (Wildman–Crippen MR) is 61.2 cm³/mol. The summed E-state index contributed by atoms with van der Waals surface area (Å²) in [7, 11) is 0. The summed E-state index contributed by atoms with van der Waals surface area (Å²) >= 11 is 5.60. The van der Waals surface area contributed by atoms with Crippen molar-refractivity contribution < 1.29 is 9.53 Å². The van der Waals surface area contributed by atoms with E-state index in [0.717, 1.165) is 0 Å². The lowest BCUT2D eigenvalue weighted by Crippen LogP contribution is -2.27. The maximum Gasteiger partial charge on any atom is 0.330 e. The number of halogens is 1. The summed E-state index contributed by atoms with van der Waals surface area (Å²) < 4.78 is 5.12. The molecule has 0 aliphatic rings. The zero-order valence-corrected chi connectivity index (χ0v) is 10.5. The van der Waals surface area contributed by atoms with Gasteiger partial charge in [0.15, 0.2) is 5.92 Å². The minimum atomic E-state index is -1.09. The number of ether oxygens (including phenoxy) is 1. The van der Waals surface area contributed by atoms with E-state index in [2.05, 4.69) is 9.97 Å². The van der Waals surface area contributed by atoms with Crippen molar-refractivity contribution in [2.75, 3.05) is 0 Å². The molecule has 5 nitrogen and oxygen atoms in total. The molecule has 17 heavy (non-hydrogen) atoms. The van der Waals surface area contributed by atoms with Gasteiger partial charge in [0.1, 0.15) is 5.60 Å². The molecule has 0 N–H and O–H groups in total. The molecule has 0 saturated carbocycles. The van der Waals surface area contributed by atoms with Crippen LogP contribution in [0.1, 0.15) is 32.4 Å². The molecule has 0 fully saturated rings. The Kier molecular flexibility index (Phi) is 4.02. The molecule has 1 aromatic rings. The molecule has 0 unspecified atom stereocenters. The van der Waals surface area contributed by atoms with Crippen LogP contribution in [0.2, 0.25) is 5.28 Å². The van der Waals surface area contributed by atoms with Crippen LogP contribution in [-0.2, 0) is 9.53 Å². The van der Waals surface area contributed by atoms with Crippen LogP contribution in [0.25, 0.3) is 0 Å². The van der Waals surface area contributed by atoms with Gasteiger partial charge in [0, 0.05) is 6.20 Å². The maximum atomic E-state index is 11.8. The summed E-state index contributed by atoms with van der Waals surface area (Å²) in [4.78, 5) is 19.3. The zero-order valence-electron chi connectivity index (χ0n) is 9.77. The maximum absolute atomic E-state index is 11.8. The fraction of sp³-hybridized carbons (Fsp3) is 0.455. The van der Waals surface area contributed by atoms with Crippen molar-refractivity contribution in [2.45, 2.75) is 32.3 Å². The highest BCUT2D eigenvalue weighted by Gasteiger charge is 2.27. The second-order valence-electron chi connectivity index (χ2n) is 4.35. The molecule has 0 bridgehead atoms. The predicted octanol–water partition coefficient (Wildman–Crippen LogP) is 2.08. The van der Waals surface area contributed by atoms with Crippen LogP contribution in [0.3, 0.4) is 0 Å². The van der Waals surface area contributed by atoms with Crippen LogP contribution in [0, 0.1) is 11.3 Å². The minimum Gasteiger partial charge on any atom is -0.459 e.